The molecule has 0 amide bonds. The summed E-state index contributed by atoms with van der Waals surface area (Å²) in [4.78, 5) is 2.49. The van der Waals surface area contributed by atoms with Crippen LogP contribution in [0.2, 0.25) is 5.02 Å². The third-order valence-corrected chi connectivity index (χ3v) is 2.07. The lowest BCUT2D eigenvalue weighted by atomic mass is 10.1. The average molecular weight is 262 g/mol. The van der Waals surface area contributed by atoms with Gasteiger partial charge in [-0.3, -0.25) is 0 Å². The Kier molecular flexibility index (Phi) is 4.43. The molecule has 0 fully saturated rings. The highest BCUT2D eigenvalue weighted by atomic mass is 35.5. The van der Waals surface area contributed by atoms with Crippen LogP contribution in [0.1, 0.15) is 12.0 Å². The SMILES string of the molecule is [N-]=[N+]=NC(=CCC(F)(F)F)c1ccc(Cl)cc1. The first kappa shape index (κ1) is 13.4. The first-order chi connectivity index (χ1) is 7.92. The predicted molar refractivity (Wildman–Crippen MR) is 59.2 cm³/mol. The maximum atomic E-state index is 12.0. The smallest absolute Gasteiger partial charge is 0.171 e. The first-order valence-corrected chi connectivity index (χ1v) is 4.88. The highest BCUT2D eigenvalue weighted by Crippen LogP contribution is 2.25. The zero-order valence-corrected chi connectivity index (χ0v) is 9.20. The van der Waals surface area contributed by atoms with Crippen molar-refractivity contribution in [1.29, 1.82) is 0 Å². The number of nitrogens with zero attached hydrogens (tertiary/aromatic N) is 3. The molecule has 0 bridgehead atoms. The van der Waals surface area contributed by atoms with Gasteiger partial charge in [0.25, 0.3) is 0 Å². The normalized spacial score (nSPS) is 12.1. The van der Waals surface area contributed by atoms with Crippen LogP contribution in [0.5, 0.6) is 0 Å². The average Bonchev–Trinajstić information content (AvgIpc) is 2.24. The molecule has 0 radical (unpaired) electrons. The molecule has 3 nitrogen and oxygen atoms in total. The van der Waals surface area contributed by atoms with E-state index in [0.717, 1.165) is 6.08 Å². The Morgan fingerprint density at radius 2 is 1.94 bits per heavy atom. The molecule has 0 aromatic heterocycles. The van der Waals surface area contributed by atoms with Gasteiger partial charge in [-0.2, -0.15) is 13.2 Å². The van der Waals surface area contributed by atoms with Gasteiger partial charge >= 0.3 is 6.18 Å². The molecule has 1 aromatic carbocycles. The van der Waals surface area contributed by atoms with Crippen molar-refractivity contribution in [2.24, 2.45) is 5.11 Å². The number of alkyl halides is 3. The Morgan fingerprint density at radius 3 is 2.41 bits per heavy atom. The van der Waals surface area contributed by atoms with Crippen LogP contribution in [0.25, 0.3) is 16.1 Å². The summed E-state index contributed by atoms with van der Waals surface area (Å²) in [6.07, 6.45) is -4.64. The summed E-state index contributed by atoms with van der Waals surface area (Å²) < 4.78 is 36.1. The monoisotopic (exact) mass is 261 g/mol. The van der Waals surface area contributed by atoms with Crippen molar-refractivity contribution in [3.8, 4) is 0 Å². The van der Waals surface area contributed by atoms with Crippen molar-refractivity contribution in [2.75, 3.05) is 0 Å². The van der Waals surface area contributed by atoms with Gasteiger partial charge in [0.2, 0.25) is 0 Å². The van der Waals surface area contributed by atoms with Crippen molar-refractivity contribution >= 4 is 17.3 Å². The van der Waals surface area contributed by atoms with E-state index in [1.807, 2.05) is 0 Å². The molecule has 0 aliphatic rings. The molecular weight excluding hydrogens is 255 g/mol. The maximum absolute atomic E-state index is 12.0. The van der Waals surface area contributed by atoms with Gasteiger partial charge in [-0.1, -0.05) is 34.9 Å². The number of azide groups is 1. The van der Waals surface area contributed by atoms with Gasteiger partial charge in [-0.25, -0.2) is 0 Å². The fourth-order valence-electron chi connectivity index (χ4n) is 1.10. The molecule has 0 aliphatic carbocycles. The van der Waals surface area contributed by atoms with Crippen molar-refractivity contribution < 1.29 is 13.2 Å². The van der Waals surface area contributed by atoms with Gasteiger partial charge in [0.1, 0.15) is 0 Å². The highest BCUT2D eigenvalue weighted by molar-refractivity contribution is 6.30. The predicted octanol–water partition coefficient (Wildman–Crippen LogP) is 4.94. The van der Waals surface area contributed by atoms with Crippen molar-refractivity contribution in [1.82, 2.24) is 0 Å². The molecule has 17 heavy (non-hydrogen) atoms. The van der Waals surface area contributed by atoms with Crippen LogP contribution >= 0.6 is 11.6 Å². The molecule has 0 unspecified atom stereocenters. The Morgan fingerprint density at radius 1 is 1.35 bits per heavy atom. The molecule has 0 saturated carbocycles. The number of hydrogen-bond donors (Lipinski definition) is 0. The van der Waals surface area contributed by atoms with E-state index in [1.54, 1.807) is 0 Å². The van der Waals surface area contributed by atoms with Crippen LogP contribution in [0.3, 0.4) is 0 Å². The number of allylic oxidation sites excluding steroid dienone is 1. The minimum Gasteiger partial charge on any atom is -0.171 e. The van der Waals surface area contributed by atoms with Gasteiger partial charge in [0, 0.05) is 15.6 Å². The van der Waals surface area contributed by atoms with Gasteiger partial charge in [-0.15, -0.1) is 0 Å². The molecule has 0 atom stereocenters. The van der Waals surface area contributed by atoms with Crippen LogP contribution < -0.4 is 0 Å². The third-order valence-electron chi connectivity index (χ3n) is 1.82. The van der Waals surface area contributed by atoms with Gasteiger partial charge in [0.15, 0.2) is 0 Å². The van der Waals surface area contributed by atoms with E-state index in [9.17, 15) is 13.2 Å². The van der Waals surface area contributed by atoms with Crippen molar-refractivity contribution in [3.63, 3.8) is 0 Å². The lowest BCUT2D eigenvalue weighted by molar-refractivity contribution is -0.124. The molecular formula is C10H7ClF3N3. The number of rotatable bonds is 3. The maximum Gasteiger partial charge on any atom is 0.392 e. The van der Waals surface area contributed by atoms with E-state index < -0.39 is 12.6 Å². The number of halogens is 4. The molecule has 0 N–H and O–H groups in total. The van der Waals surface area contributed by atoms with Gasteiger partial charge in [0.05, 0.1) is 6.42 Å². The lowest BCUT2D eigenvalue weighted by Crippen LogP contribution is -2.04. The Hall–Kier alpha value is -1.65. The minimum atomic E-state index is -4.33. The standard InChI is InChI=1S/C10H7ClF3N3/c11-8-3-1-7(2-4-8)9(16-17-15)5-6-10(12,13)14/h1-5H,6H2. The molecule has 0 saturated heterocycles. The quantitative estimate of drug-likeness (QED) is 0.420. The highest BCUT2D eigenvalue weighted by Gasteiger charge is 2.25. The van der Waals surface area contributed by atoms with Gasteiger partial charge < -0.3 is 0 Å². The topological polar surface area (TPSA) is 48.8 Å². The van der Waals surface area contributed by atoms with Gasteiger partial charge in [-0.05, 0) is 23.2 Å². The summed E-state index contributed by atoms with van der Waals surface area (Å²) in [5.74, 6) is 0. The van der Waals surface area contributed by atoms with E-state index in [0.29, 0.717) is 10.6 Å². The summed E-state index contributed by atoms with van der Waals surface area (Å²) in [6.45, 7) is 0. The largest absolute Gasteiger partial charge is 0.392 e. The van der Waals surface area contributed by atoms with E-state index in [1.165, 1.54) is 24.3 Å². The number of benzene rings is 1. The number of hydrogen-bond acceptors (Lipinski definition) is 1. The van der Waals surface area contributed by atoms with Crippen LogP contribution in [0, 0.1) is 0 Å². The fourth-order valence-corrected chi connectivity index (χ4v) is 1.22. The molecule has 0 spiro atoms. The summed E-state index contributed by atoms with van der Waals surface area (Å²) in [7, 11) is 0. The Labute approximate surface area is 100 Å². The summed E-state index contributed by atoms with van der Waals surface area (Å²) in [5.41, 5.74) is 8.61. The van der Waals surface area contributed by atoms with E-state index in [2.05, 4.69) is 10.0 Å². The summed E-state index contributed by atoms with van der Waals surface area (Å²) >= 11 is 5.64. The second-order valence-corrected chi connectivity index (χ2v) is 3.54. The molecule has 7 heteroatoms. The van der Waals surface area contributed by atoms with E-state index >= 15 is 0 Å². The van der Waals surface area contributed by atoms with E-state index in [4.69, 9.17) is 17.1 Å². The molecule has 1 aromatic rings. The molecule has 1 rings (SSSR count). The molecule has 0 aliphatic heterocycles. The summed E-state index contributed by atoms with van der Waals surface area (Å²) in [6, 6.07) is 5.98. The van der Waals surface area contributed by atoms with Crippen LogP contribution in [-0.2, 0) is 0 Å². The van der Waals surface area contributed by atoms with E-state index in [-0.39, 0.29) is 5.70 Å². The third kappa shape index (κ3) is 4.80. The fraction of sp³-hybridized carbons (Fsp3) is 0.200. The second-order valence-electron chi connectivity index (χ2n) is 3.11. The molecule has 90 valence electrons. The van der Waals surface area contributed by atoms with Crippen molar-refractivity contribution in [2.45, 2.75) is 12.6 Å². The van der Waals surface area contributed by atoms with Crippen LogP contribution in [0.4, 0.5) is 13.2 Å². The summed E-state index contributed by atoms with van der Waals surface area (Å²) in [5, 5.41) is 3.67. The Bertz CT molecular complexity index is 459. The second kappa shape index (κ2) is 5.61. The molecule has 0 heterocycles. The van der Waals surface area contributed by atoms with Crippen LogP contribution in [-0.4, -0.2) is 6.18 Å². The van der Waals surface area contributed by atoms with Crippen molar-refractivity contribution in [3.05, 3.63) is 51.4 Å². The zero-order chi connectivity index (χ0) is 12.9. The van der Waals surface area contributed by atoms with Crippen LogP contribution in [0.15, 0.2) is 35.5 Å². The zero-order valence-electron chi connectivity index (χ0n) is 8.45. The Balaban J connectivity index is 3.01. The first-order valence-electron chi connectivity index (χ1n) is 4.50. The lowest BCUT2D eigenvalue weighted by Gasteiger charge is -2.04. The minimum absolute atomic E-state index is 0.0681.